The summed E-state index contributed by atoms with van der Waals surface area (Å²) in [5, 5.41) is 22.0. The maximum Gasteiger partial charge on any atom is 0.404 e. The van der Waals surface area contributed by atoms with Gasteiger partial charge in [-0.25, -0.2) is 4.79 Å². The van der Waals surface area contributed by atoms with Gasteiger partial charge in [-0.15, -0.1) is 0 Å². The number of hydrogen-bond donors (Lipinski definition) is 3. The van der Waals surface area contributed by atoms with Crippen molar-refractivity contribution in [2.45, 2.75) is 58.6 Å². The Morgan fingerprint density at radius 1 is 1.09 bits per heavy atom. The van der Waals surface area contributed by atoms with Gasteiger partial charge in [-0.2, -0.15) is 0 Å². The smallest absolute Gasteiger partial charge is 0.404 e. The van der Waals surface area contributed by atoms with Crippen LogP contribution in [0.3, 0.4) is 0 Å². The predicted octanol–water partition coefficient (Wildman–Crippen LogP) is 3.86. The Balaban J connectivity index is 2.83. The molecule has 22 heavy (non-hydrogen) atoms. The summed E-state index contributed by atoms with van der Waals surface area (Å²) in [5.41, 5.74) is 1.19. The molecule has 0 heterocycles. The van der Waals surface area contributed by atoms with Gasteiger partial charge in [-0.05, 0) is 36.2 Å². The Bertz CT molecular complexity index is 445. The molecule has 1 rings (SSSR count). The number of carbonyl (C=O) groups is 1. The first-order valence-electron chi connectivity index (χ1n) is 8.03. The number of benzene rings is 1. The Labute approximate surface area is 133 Å². The summed E-state index contributed by atoms with van der Waals surface area (Å²) < 4.78 is 0. The molecule has 124 valence electrons. The minimum absolute atomic E-state index is 0.210. The largest absolute Gasteiger partial charge is 0.465 e. The van der Waals surface area contributed by atoms with Gasteiger partial charge in [-0.1, -0.05) is 58.0 Å². The van der Waals surface area contributed by atoms with Crippen molar-refractivity contribution in [3.8, 4) is 0 Å². The van der Waals surface area contributed by atoms with Gasteiger partial charge in [0.1, 0.15) is 0 Å². The van der Waals surface area contributed by atoms with Crippen LogP contribution >= 0.6 is 0 Å². The molecule has 0 aliphatic rings. The van der Waals surface area contributed by atoms with Crippen molar-refractivity contribution in [3.63, 3.8) is 0 Å². The molecule has 0 unspecified atom stereocenters. The van der Waals surface area contributed by atoms with Crippen LogP contribution < -0.4 is 5.32 Å². The first kappa shape index (κ1) is 18.5. The molecule has 0 bridgehead atoms. The Morgan fingerprint density at radius 2 is 1.68 bits per heavy atom. The van der Waals surface area contributed by atoms with Crippen molar-refractivity contribution in [1.82, 2.24) is 5.32 Å². The van der Waals surface area contributed by atoms with Gasteiger partial charge in [-0.3, -0.25) is 0 Å². The predicted molar refractivity (Wildman–Crippen MR) is 89.0 cm³/mol. The number of hydrogen-bond acceptors (Lipinski definition) is 2. The Kier molecular flexibility index (Phi) is 7.39. The lowest BCUT2D eigenvalue weighted by Crippen LogP contribution is -2.44. The van der Waals surface area contributed by atoms with Crippen LogP contribution in [0.4, 0.5) is 4.79 Å². The van der Waals surface area contributed by atoms with Crippen LogP contribution in [0.15, 0.2) is 30.3 Å². The number of nitrogens with one attached hydrogen (secondary N) is 1. The molecule has 4 heteroatoms. The molecule has 0 radical (unpaired) electrons. The lowest BCUT2D eigenvalue weighted by atomic mass is 9.82. The molecular weight excluding hydrogens is 278 g/mol. The number of aliphatic hydroxyl groups excluding tert-OH is 1. The summed E-state index contributed by atoms with van der Waals surface area (Å²) in [6.07, 6.45) is -0.580. The zero-order chi connectivity index (χ0) is 16.7. The molecule has 0 aliphatic carbocycles. The van der Waals surface area contributed by atoms with Gasteiger partial charge in [0.05, 0.1) is 12.1 Å². The molecule has 0 aliphatic heterocycles. The fraction of sp³-hybridized carbons (Fsp3) is 0.611. The molecule has 3 N–H and O–H groups in total. The monoisotopic (exact) mass is 307 g/mol. The summed E-state index contributed by atoms with van der Waals surface area (Å²) in [4.78, 5) is 11.0. The van der Waals surface area contributed by atoms with Crippen molar-refractivity contribution in [1.29, 1.82) is 0 Å². The van der Waals surface area contributed by atoms with Crippen molar-refractivity contribution >= 4 is 6.09 Å². The quantitative estimate of drug-likeness (QED) is 0.683. The average Bonchev–Trinajstić information content (AvgIpc) is 2.43. The second-order valence-electron chi connectivity index (χ2n) is 6.75. The second kappa shape index (κ2) is 8.79. The van der Waals surface area contributed by atoms with E-state index in [0.29, 0.717) is 24.7 Å². The highest BCUT2D eigenvalue weighted by Crippen LogP contribution is 2.30. The first-order valence-corrected chi connectivity index (χ1v) is 8.03. The van der Waals surface area contributed by atoms with Gasteiger partial charge in [0.15, 0.2) is 0 Å². The zero-order valence-electron chi connectivity index (χ0n) is 14.0. The fourth-order valence-corrected chi connectivity index (χ4v) is 2.90. The van der Waals surface area contributed by atoms with E-state index >= 15 is 0 Å². The van der Waals surface area contributed by atoms with Crippen molar-refractivity contribution in [2.75, 3.05) is 0 Å². The van der Waals surface area contributed by atoms with Gasteiger partial charge < -0.3 is 15.5 Å². The molecule has 0 spiro atoms. The fourth-order valence-electron chi connectivity index (χ4n) is 2.90. The van der Waals surface area contributed by atoms with E-state index in [2.05, 4.69) is 31.3 Å². The third kappa shape index (κ3) is 6.06. The molecule has 1 aromatic carbocycles. The molecule has 0 saturated heterocycles. The van der Waals surface area contributed by atoms with Crippen molar-refractivity contribution < 1.29 is 15.0 Å². The summed E-state index contributed by atoms with van der Waals surface area (Å²) in [6, 6.07) is 9.68. The lowest BCUT2D eigenvalue weighted by molar-refractivity contribution is 0.0915. The van der Waals surface area contributed by atoms with E-state index in [0.717, 1.165) is 0 Å². The zero-order valence-corrected chi connectivity index (χ0v) is 14.0. The molecule has 3 atom stereocenters. The normalized spacial score (nSPS) is 15.6. The number of aliphatic hydroxyl groups is 1. The molecule has 0 fully saturated rings. The van der Waals surface area contributed by atoms with Crippen LogP contribution in [0.25, 0.3) is 0 Å². The third-order valence-electron chi connectivity index (χ3n) is 4.03. The van der Waals surface area contributed by atoms with E-state index in [1.54, 1.807) is 0 Å². The van der Waals surface area contributed by atoms with Crippen LogP contribution in [0.1, 0.15) is 52.0 Å². The van der Waals surface area contributed by atoms with Gasteiger partial charge in [0.2, 0.25) is 0 Å². The summed E-state index contributed by atoms with van der Waals surface area (Å²) in [6.45, 7) is 8.32. The Morgan fingerprint density at radius 3 is 2.14 bits per heavy atom. The maximum atomic E-state index is 11.0. The summed E-state index contributed by atoms with van der Waals surface area (Å²) >= 11 is 0. The highest BCUT2D eigenvalue weighted by atomic mass is 16.4. The van der Waals surface area contributed by atoms with E-state index in [1.807, 2.05) is 32.0 Å². The minimum atomic E-state index is -1.08. The topological polar surface area (TPSA) is 69.6 Å². The standard InChI is InChI=1S/C18H29NO3/c1-12(2)10-16(19-18(21)22)17(20)11-15(13(3)4)14-8-6-5-7-9-14/h5-9,12-13,15-17,19-20H,10-11H2,1-4H3,(H,21,22)/t15-,16-,17-/m0/s1. The van der Waals surface area contributed by atoms with Crippen molar-refractivity contribution in [3.05, 3.63) is 35.9 Å². The van der Waals surface area contributed by atoms with E-state index in [9.17, 15) is 9.90 Å². The van der Waals surface area contributed by atoms with Crippen LogP contribution in [0.2, 0.25) is 0 Å². The van der Waals surface area contributed by atoms with Crippen LogP contribution in [-0.4, -0.2) is 28.5 Å². The number of carboxylic acid groups (broad SMARTS) is 1. The number of amides is 1. The molecule has 0 saturated carbocycles. The molecule has 4 nitrogen and oxygen atoms in total. The Hall–Kier alpha value is -1.55. The lowest BCUT2D eigenvalue weighted by Gasteiger charge is -2.30. The first-order chi connectivity index (χ1) is 10.3. The average molecular weight is 307 g/mol. The summed E-state index contributed by atoms with van der Waals surface area (Å²) in [7, 11) is 0. The van der Waals surface area contributed by atoms with E-state index in [-0.39, 0.29) is 5.92 Å². The van der Waals surface area contributed by atoms with E-state index < -0.39 is 18.2 Å². The molecule has 0 aromatic heterocycles. The molecular formula is C18H29NO3. The second-order valence-corrected chi connectivity index (χ2v) is 6.75. The minimum Gasteiger partial charge on any atom is -0.465 e. The number of rotatable bonds is 8. The third-order valence-corrected chi connectivity index (χ3v) is 4.03. The van der Waals surface area contributed by atoms with E-state index in [1.165, 1.54) is 5.56 Å². The summed E-state index contributed by atoms with van der Waals surface area (Å²) in [5.74, 6) is 0.906. The van der Waals surface area contributed by atoms with Gasteiger partial charge >= 0.3 is 6.09 Å². The molecule has 1 aromatic rings. The highest BCUT2D eigenvalue weighted by molar-refractivity contribution is 5.64. The van der Waals surface area contributed by atoms with Gasteiger partial charge in [0.25, 0.3) is 0 Å². The maximum absolute atomic E-state index is 11.0. The van der Waals surface area contributed by atoms with Crippen LogP contribution in [0, 0.1) is 11.8 Å². The molecule has 1 amide bonds. The van der Waals surface area contributed by atoms with Gasteiger partial charge in [0, 0.05) is 0 Å². The van der Waals surface area contributed by atoms with Crippen LogP contribution in [0.5, 0.6) is 0 Å². The van der Waals surface area contributed by atoms with Crippen LogP contribution in [-0.2, 0) is 0 Å². The van der Waals surface area contributed by atoms with Crippen molar-refractivity contribution in [2.24, 2.45) is 11.8 Å². The van der Waals surface area contributed by atoms with E-state index in [4.69, 9.17) is 5.11 Å². The SMILES string of the molecule is CC(C)C[C@H](NC(=O)O)[C@@H](O)C[C@H](c1ccccc1)C(C)C. The highest BCUT2D eigenvalue weighted by Gasteiger charge is 2.27.